The molecule has 1 amide bonds. The summed E-state index contributed by atoms with van der Waals surface area (Å²) < 4.78 is 1.49. The number of aliphatic hydroxyl groups excluding tert-OH is 2. The van der Waals surface area contributed by atoms with Crippen LogP contribution in [0.1, 0.15) is 59.4 Å². The lowest BCUT2D eigenvalue weighted by molar-refractivity contribution is -0.125. The molecule has 0 bridgehead atoms. The maximum Gasteiger partial charge on any atom is 0.223 e. The number of thioether (sulfide) groups is 1. The largest absolute Gasteiger partial charge is 0.390 e. The number of hydrogen-bond donors (Lipinski definition) is 4. The van der Waals surface area contributed by atoms with Crippen molar-refractivity contribution in [2.75, 3.05) is 11.1 Å². The Morgan fingerprint density at radius 2 is 2.00 bits per heavy atom. The van der Waals surface area contributed by atoms with Gasteiger partial charge < -0.3 is 21.3 Å². The van der Waals surface area contributed by atoms with Crippen molar-refractivity contribution in [3.63, 3.8) is 0 Å². The van der Waals surface area contributed by atoms with Crippen LogP contribution in [0.3, 0.4) is 0 Å². The lowest BCUT2D eigenvalue weighted by Gasteiger charge is -2.18. The van der Waals surface area contributed by atoms with Crippen molar-refractivity contribution in [1.29, 1.82) is 0 Å². The Bertz CT molecular complexity index is 906. The number of hydrogen-bond acceptors (Lipinski definition) is 9. The highest BCUT2D eigenvalue weighted by molar-refractivity contribution is 7.99. The highest BCUT2D eigenvalue weighted by Crippen LogP contribution is 2.37. The Balaban J connectivity index is 1.96. The van der Waals surface area contributed by atoms with Gasteiger partial charge in [-0.2, -0.15) is 0 Å². The van der Waals surface area contributed by atoms with E-state index in [-0.39, 0.29) is 12.5 Å². The third-order valence-corrected chi connectivity index (χ3v) is 6.68. The van der Waals surface area contributed by atoms with Gasteiger partial charge in [-0.3, -0.25) is 4.79 Å². The van der Waals surface area contributed by atoms with E-state index in [9.17, 15) is 15.0 Å². The second-order valence-corrected chi connectivity index (χ2v) is 9.78. The van der Waals surface area contributed by atoms with E-state index in [0.29, 0.717) is 28.1 Å². The predicted octanol–water partition coefficient (Wildman–Crippen LogP) is 1.73. The fourth-order valence-electron chi connectivity index (χ4n) is 3.81. The summed E-state index contributed by atoms with van der Waals surface area (Å²) in [5.74, 6) is 0.590. The number of nitrogens with one attached hydrogen (secondary N) is 1. The normalized spacial score (nSPS) is 24.7. The van der Waals surface area contributed by atoms with Gasteiger partial charge in [0.05, 0.1) is 18.1 Å². The van der Waals surface area contributed by atoms with Gasteiger partial charge in [-0.05, 0) is 38.5 Å². The lowest BCUT2D eigenvalue weighted by atomic mass is 10.0. The molecule has 5 atom stereocenters. The summed E-state index contributed by atoms with van der Waals surface area (Å²) in [5, 5.41) is 33.3. The molecular formula is C20H33N7O3S. The third-order valence-electron chi connectivity index (χ3n) is 5.63. The minimum atomic E-state index is -1.24. The zero-order chi connectivity index (χ0) is 22.7. The van der Waals surface area contributed by atoms with E-state index in [1.54, 1.807) is 0 Å². The van der Waals surface area contributed by atoms with E-state index in [1.165, 1.54) is 16.4 Å². The Morgan fingerprint density at radius 1 is 1.26 bits per heavy atom. The van der Waals surface area contributed by atoms with Crippen LogP contribution >= 0.6 is 11.8 Å². The average Bonchev–Trinajstić information content (AvgIpc) is 3.26. The molecule has 2 aromatic heterocycles. The lowest BCUT2D eigenvalue weighted by Crippen LogP contribution is -2.35. The van der Waals surface area contributed by atoms with Crippen LogP contribution in [-0.2, 0) is 4.79 Å². The van der Waals surface area contributed by atoms with Crippen molar-refractivity contribution in [3.05, 3.63) is 0 Å². The molecule has 1 aliphatic rings. The number of fused-ring (bicyclic) bond motifs is 1. The monoisotopic (exact) mass is 451 g/mol. The number of rotatable bonds is 10. The van der Waals surface area contributed by atoms with Gasteiger partial charge in [0, 0.05) is 11.8 Å². The minimum absolute atomic E-state index is 0.172. The van der Waals surface area contributed by atoms with Gasteiger partial charge in [0.1, 0.15) is 6.10 Å². The second kappa shape index (κ2) is 10.1. The Hall–Kier alpha value is -1.98. The number of carbonyl (C=O) groups excluding carboxylic acids is 1. The van der Waals surface area contributed by atoms with Gasteiger partial charge in [-0.1, -0.05) is 37.7 Å². The first-order valence-corrected chi connectivity index (χ1v) is 11.9. The highest BCUT2D eigenvalue weighted by atomic mass is 32.2. The molecule has 5 N–H and O–H groups in total. The van der Waals surface area contributed by atoms with Crippen LogP contribution in [0.5, 0.6) is 0 Å². The number of carbonyl (C=O) groups is 1. The smallest absolute Gasteiger partial charge is 0.223 e. The van der Waals surface area contributed by atoms with Gasteiger partial charge in [0.2, 0.25) is 5.91 Å². The SMILES string of the molecule is CCCSc1nc(NC(C)CCC(C)C)c2nnn(C3C[C@H](C(N)=O)C(O)C3O)c2n1. The molecule has 0 saturated heterocycles. The highest BCUT2D eigenvalue weighted by Gasteiger charge is 2.46. The van der Waals surface area contributed by atoms with Crippen LogP contribution in [-0.4, -0.2) is 65.1 Å². The van der Waals surface area contributed by atoms with Crippen molar-refractivity contribution in [2.45, 2.75) is 82.8 Å². The number of amides is 1. The molecule has 1 aliphatic carbocycles. The van der Waals surface area contributed by atoms with Crippen molar-refractivity contribution in [1.82, 2.24) is 25.0 Å². The summed E-state index contributed by atoms with van der Waals surface area (Å²) in [6.45, 7) is 8.58. The summed E-state index contributed by atoms with van der Waals surface area (Å²) in [5.41, 5.74) is 6.36. The van der Waals surface area contributed by atoms with Gasteiger partial charge in [0.25, 0.3) is 0 Å². The first-order valence-electron chi connectivity index (χ1n) is 10.9. The Labute approximate surface area is 186 Å². The van der Waals surface area contributed by atoms with E-state index >= 15 is 0 Å². The standard InChI is InChI=1S/C20H33N7O3S/c1-5-8-31-20-23-18(22-11(4)7-6-10(2)3)14-19(24-20)27(26-25-14)13-9-12(17(21)30)15(28)16(13)29/h10-13,15-16,28-29H,5-9H2,1-4H3,(H2,21,30)(H,22,23,24)/t11?,12-,13?,15?,16?/m0/s1. The summed E-state index contributed by atoms with van der Waals surface area (Å²) in [6.07, 6.45) is 0.794. The fourth-order valence-corrected chi connectivity index (χ4v) is 4.51. The van der Waals surface area contributed by atoms with Gasteiger partial charge >= 0.3 is 0 Å². The molecule has 3 rings (SSSR count). The first kappa shape index (κ1) is 23.7. The number of aromatic nitrogens is 5. The fraction of sp³-hybridized carbons (Fsp3) is 0.750. The Morgan fingerprint density at radius 3 is 2.61 bits per heavy atom. The molecule has 0 aliphatic heterocycles. The maximum absolute atomic E-state index is 11.7. The van der Waals surface area contributed by atoms with Gasteiger partial charge in [-0.25, -0.2) is 14.6 Å². The predicted molar refractivity (Wildman–Crippen MR) is 120 cm³/mol. The molecule has 1 saturated carbocycles. The Kier molecular flexibility index (Phi) is 7.71. The second-order valence-electron chi connectivity index (χ2n) is 8.72. The van der Waals surface area contributed by atoms with Crippen molar-refractivity contribution in [2.24, 2.45) is 17.6 Å². The minimum Gasteiger partial charge on any atom is -0.390 e. The molecule has 0 spiro atoms. The summed E-state index contributed by atoms with van der Waals surface area (Å²) in [4.78, 5) is 21.0. The molecule has 31 heavy (non-hydrogen) atoms. The zero-order valence-corrected chi connectivity index (χ0v) is 19.3. The van der Waals surface area contributed by atoms with Crippen LogP contribution in [0.15, 0.2) is 5.16 Å². The van der Waals surface area contributed by atoms with E-state index in [2.05, 4.69) is 53.3 Å². The average molecular weight is 452 g/mol. The summed E-state index contributed by atoms with van der Waals surface area (Å²) in [6, 6.07) is -0.463. The first-order chi connectivity index (χ1) is 14.7. The van der Waals surface area contributed by atoms with Gasteiger partial charge in [-0.15, -0.1) is 5.10 Å². The van der Waals surface area contributed by atoms with E-state index < -0.39 is 30.1 Å². The topological polar surface area (TPSA) is 152 Å². The number of nitrogens with two attached hydrogens (primary N) is 1. The molecule has 0 aromatic carbocycles. The number of aliphatic hydroxyl groups is 2. The zero-order valence-electron chi connectivity index (χ0n) is 18.5. The molecule has 10 nitrogen and oxygen atoms in total. The molecule has 172 valence electrons. The van der Waals surface area contributed by atoms with Gasteiger partial charge in [0.15, 0.2) is 22.1 Å². The molecule has 0 radical (unpaired) electrons. The van der Waals surface area contributed by atoms with Crippen molar-refractivity contribution < 1.29 is 15.0 Å². The molecular weight excluding hydrogens is 418 g/mol. The molecule has 11 heteroatoms. The quantitative estimate of drug-likeness (QED) is 0.312. The van der Waals surface area contributed by atoms with Crippen molar-refractivity contribution in [3.8, 4) is 0 Å². The number of anilines is 1. The van der Waals surface area contributed by atoms with Crippen LogP contribution < -0.4 is 11.1 Å². The molecule has 2 heterocycles. The van der Waals surface area contributed by atoms with E-state index in [0.717, 1.165) is 25.0 Å². The molecule has 4 unspecified atom stereocenters. The number of nitrogens with zero attached hydrogens (tertiary/aromatic N) is 5. The third kappa shape index (κ3) is 5.27. The summed E-state index contributed by atoms with van der Waals surface area (Å²) >= 11 is 1.54. The van der Waals surface area contributed by atoms with Crippen LogP contribution in [0.4, 0.5) is 5.82 Å². The maximum atomic E-state index is 11.7. The number of primary amides is 1. The molecule has 1 fully saturated rings. The van der Waals surface area contributed by atoms with E-state index in [1.807, 2.05) is 0 Å². The van der Waals surface area contributed by atoms with Crippen LogP contribution in [0, 0.1) is 11.8 Å². The summed E-state index contributed by atoms with van der Waals surface area (Å²) in [7, 11) is 0. The molecule has 2 aromatic rings. The van der Waals surface area contributed by atoms with Crippen molar-refractivity contribution >= 4 is 34.7 Å². The van der Waals surface area contributed by atoms with Crippen LogP contribution in [0.25, 0.3) is 11.2 Å². The van der Waals surface area contributed by atoms with Crippen LogP contribution in [0.2, 0.25) is 0 Å². The van der Waals surface area contributed by atoms with E-state index in [4.69, 9.17) is 5.73 Å².